The SMILES string of the molecule is COc1ccccc1OC(CNC1CC1)c1ccccc1. The summed E-state index contributed by atoms with van der Waals surface area (Å²) >= 11 is 0. The van der Waals surface area contributed by atoms with E-state index >= 15 is 0 Å². The van der Waals surface area contributed by atoms with Crippen LogP contribution in [0, 0.1) is 0 Å². The van der Waals surface area contributed by atoms with E-state index in [0.29, 0.717) is 6.04 Å². The van der Waals surface area contributed by atoms with Gasteiger partial charge in [-0.15, -0.1) is 0 Å². The normalized spacial score (nSPS) is 15.5. The van der Waals surface area contributed by atoms with Gasteiger partial charge in [0.25, 0.3) is 0 Å². The molecule has 0 aliphatic heterocycles. The molecule has 3 heteroatoms. The van der Waals surface area contributed by atoms with Crippen LogP contribution in [0.25, 0.3) is 0 Å². The Labute approximate surface area is 125 Å². The highest BCUT2D eigenvalue weighted by atomic mass is 16.5. The van der Waals surface area contributed by atoms with Crippen LogP contribution in [0.3, 0.4) is 0 Å². The highest BCUT2D eigenvalue weighted by Gasteiger charge is 2.23. The first-order valence-corrected chi connectivity index (χ1v) is 7.45. The Balaban J connectivity index is 1.77. The highest BCUT2D eigenvalue weighted by Crippen LogP contribution is 2.31. The summed E-state index contributed by atoms with van der Waals surface area (Å²) in [6.45, 7) is 0.812. The van der Waals surface area contributed by atoms with Gasteiger partial charge in [0.2, 0.25) is 0 Å². The quantitative estimate of drug-likeness (QED) is 0.842. The second kappa shape index (κ2) is 6.64. The first kappa shape index (κ1) is 14.0. The van der Waals surface area contributed by atoms with Crippen LogP contribution in [0.4, 0.5) is 0 Å². The number of rotatable bonds is 7. The lowest BCUT2D eigenvalue weighted by atomic mass is 10.1. The van der Waals surface area contributed by atoms with Gasteiger partial charge < -0.3 is 14.8 Å². The molecule has 1 fully saturated rings. The number of methoxy groups -OCH3 is 1. The Morgan fingerprint density at radius 2 is 1.67 bits per heavy atom. The van der Waals surface area contributed by atoms with Crippen molar-refractivity contribution in [3.8, 4) is 11.5 Å². The van der Waals surface area contributed by atoms with Gasteiger partial charge in [0.15, 0.2) is 11.5 Å². The average molecular weight is 283 g/mol. The Kier molecular flexibility index (Phi) is 4.41. The van der Waals surface area contributed by atoms with E-state index in [4.69, 9.17) is 9.47 Å². The van der Waals surface area contributed by atoms with Gasteiger partial charge in [-0.1, -0.05) is 42.5 Å². The molecular formula is C18H21NO2. The third-order valence-electron chi connectivity index (χ3n) is 3.68. The number of hydrogen-bond acceptors (Lipinski definition) is 3. The third-order valence-corrected chi connectivity index (χ3v) is 3.68. The molecule has 1 saturated carbocycles. The molecule has 0 spiro atoms. The van der Waals surface area contributed by atoms with E-state index in [-0.39, 0.29) is 6.10 Å². The lowest BCUT2D eigenvalue weighted by molar-refractivity contribution is 0.192. The standard InChI is InChI=1S/C18H21NO2/c1-20-16-9-5-6-10-17(16)21-18(13-19-15-11-12-15)14-7-3-2-4-8-14/h2-10,15,18-19H,11-13H2,1H3. The topological polar surface area (TPSA) is 30.5 Å². The molecule has 0 saturated heterocycles. The zero-order valence-corrected chi connectivity index (χ0v) is 12.3. The van der Waals surface area contributed by atoms with Gasteiger partial charge >= 0.3 is 0 Å². The highest BCUT2D eigenvalue weighted by molar-refractivity contribution is 5.40. The van der Waals surface area contributed by atoms with Crippen molar-refractivity contribution < 1.29 is 9.47 Å². The fraction of sp³-hybridized carbons (Fsp3) is 0.333. The van der Waals surface area contributed by atoms with Crippen LogP contribution in [0.5, 0.6) is 11.5 Å². The van der Waals surface area contributed by atoms with Gasteiger partial charge in [0.05, 0.1) is 7.11 Å². The minimum absolute atomic E-state index is 0.0110. The summed E-state index contributed by atoms with van der Waals surface area (Å²) in [5.74, 6) is 1.55. The predicted molar refractivity (Wildman–Crippen MR) is 83.8 cm³/mol. The molecule has 1 N–H and O–H groups in total. The van der Waals surface area contributed by atoms with Crippen molar-refractivity contribution in [2.45, 2.75) is 25.0 Å². The third kappa shape index (κ3) is 3.76. The van der Waals surface area contributed by atoms with E-state index in [9.17, 15) is 0 Å². The number of para-hydroxylation sites is 2. The molecule has 0 radical (unpaired) electrons. The second-order valence-corrected chi connectivity index (χ2v) is 5.35. The van der Waals surface area contributed by atoms with Gasteiger partial charge in [-0.25, -0.2) is 0 Å². The van der Waals surface area contributed by atoms with Crippen LogP contribution in [0.2, 0.25) is 0 Å². The molecule has 1 aliphatic rings. The smallest absolute Gasteiger partial charge is 0.162 e. The maximum absolute atomic E-state index is 6.21. The van der Waals surface area contributed by atoms with E-state index in [1.54, 1.807) is 7.11 Å². The summed E-state index contributed by atoms with van der Waals surface area (Å²) in [7, 11) is 1.67. The minimum Gasteiger partial charge on any atom is -0.493 e. The molecule has 3 rings (SSSR count). The van der Waals surface area contributed by atoms with Gasteiger partial charge in [-0.3, -0.25) is 0 Å². The predicted octanol–water partition coefficient (Wildman–Crippen LogP) is 3.57. The van der Waals surface area contributed by atoms with Crippen molar-refractivity contribution in [3.05, 3.63) is 60.2 Å². The number of benzene rings is 2. The molecule has 2 aromatic carbocycles. The van der Waals surface area contributed by atoms with E-state index in [0.717, 1.165) is 18.0 Å². The van der Waals surface area contributed by atoms with Gasteiger partial charge in [0, 0.05) is 12.6 Å². The fourth-order valence-electron chi connectivity index (χ4n) is 2.33. The minimum atomic E-state index is -0.0110. The zero-order valence-electron chi connectivity index (χ0n) is 12.3. The van der Waals surface area contributed by atoms with Crippen molar-refractivity contribution in [1.82, 2.24) is 5.32 Å². The fourth-order valence-corrected chi connectivity index (χ4v) is 2.33. The maximum Gasteiger partial charge on any atom is 0.162 e. The molecule has 0 heterocycles. The number of ether oxygens (including phenoxy) is 2. The van der Waals surface area contributed by atoms with Gasteiger partial charge in [-0.2, -0.15) is 0 Å². The maximum atomic E-state index is 6.21. The first-order valence-electron chi connectivity index (χ1n) is 7.45. The summed E-state index contributed by atoms with van der Waals surface area (Å²) < 4.78 is 11.6. The summed E-state index contributed by atoms with van der Waals surface area (Å²) in [6, 6.07) is 18.8. The van der Waals surface area contributed by atoms with Crippen molar-refractivity contribution in [1.29, 1.82) is 0 Å². The molecule has 0 bridgehead atoms. The molecule has 1 atom stereocenters. The second-order valence-electron chi connectivity index (χ2n) is 5.35. The zero-order chi connectivity index (χ0) is 14.5. The Morgan fingerprint density at radius 1 is 1.00 bits per heavy atom. The number of nitrogens with one attached hydrogen (secondary N) is 1. The van der Waals surface area contributed by atoms with Crippen molar-refractivity contribution in [2.24, 2.45) is 0 Å². The molecule has 3 nitrogen and oxygen atoms in total. The van der Waals surface area contributed by atoms with Gasteiger partial charge in [-0.05, 0) is 30.5 Å². The van der Waals surface area contributed by atoms with Crippen LogP contribution in [-0.4, -0.2) is 19.7 Å². The van der Waals surface area contributed by atoms with Crippen molar-refractivity contribution in [3.63, 3.8) is 0 Å². The molecule has 2 aromatic rings. The molecule has 0 amide bonds. The van der Waals surface area contributed by atoms with Crippen LogP contribution >= 0.6 is 0 Å². The largest absolute Gasteiger partial charge is 0.493 e. The van der Waals surface area contributed by atoms with Gasteiger partial charge in [0.1, 0.15) is 6.10 Å². The molecule has 1 unspecified atom stereocenters. The summed E-state index contributed by atoms with van der Waals surface area (Å²) in [4.78, 5) is 0. The van der Waals surface area contributed by atoms with Crippen LogP contribution in [-0.2, 0) is 0 Å². The Bertz CT molecular complexity index is 566. The Hall–Kier alpha value is -2.00. The first-order chi connectivity index (χ1) is 10.4. The van der Waals surface area contributed by atoms with E-state index in [1.807, 2.05) is 42.5 Å². The van der Waals surface area contributed by atoms with Crippen LogP contribution in [0.15, 0.2) is 54.6 Å². The molecule has 110 valence electrons. The summed E-state index contributed by atoms with van der Waals surface area (Å²) in [5.41, 5.74) is 1.18. The summed E-state index contributed by atoms with van der Waals surface area (Å²) in [5, 5.41) is 3.55. The van der Waals surface area contributed by atoms with E-state index in [2.05, 4.69) is 17.4 Å². The average Bonchev–Trinajstić information content (AvgIpc) is 3.37. The van der Waals surface area contributed by atoms with Crippen molar-refractivity contribution in [2.75, 3.05) is 13.7 Å². The molecular weight excluding hydrogens is 262 g/mol. The number of hydrogen-bond donors (Lipinski definition) is 1. The monoisotopic (exact) mass is 283 g/mol. The lowest BCUT2D eigenvalue weighted by Crippen LogP contribution is -2.26. The van der Waals surface area contributed by atoms with Crippen molar-refractivity contribution >= 4 is 0 Å². The lowest BCUT2D eigenvalue weighted by Gasteiger charge is -2.21. The van der Waals surface area contributed by atoms with E-state index < -0.39 is 0 Å². The molecule has 21 heavy (non-hydrogen) atoms. The van der Waals surface area contributed by atoms with Crippen LogP contribution < -0.4 is 14.8 Å². The molecule has 0 aromatic heterocycles. The van der Waals surface area contributed by atoms with E-state index in [1.165, 1.54) is 18.4 Å². The molecule has 1 aliphatic carbocycles. The summed E-state index contributed by atoms with van der Waals surface area (Å²) in [6.07, 6.45) is 2.54. The van der Waals surface area contributed by atoms with Crippen LogP contribution in [0.1, 0.15) is 24.5 Å². The Morgan fingerprint density at radius 3 is 2.33 bits per heavy atom.